The lowest BCUT2D eigenvalue weighted by atomic mass is 9.74. The topological polar surface area (TPSA) is 75.0 Å². The molecule has 9 heteroatoms. The zero-order chi connectivity index (χ0) is 26.6. The van der Waals surface area contributed by atoms with Crippen molar-refractivity contribution in [2.75, 3.05) is 40.0 Å². The molecule has 1 aromatic heterocycles. The Kier molecular flexibility index (Phi) is 8.56. The molecule has 0 radical (unpaired) electrons. The smallest absolute Gasteiger partial charge is 0.190 e. The Hall–Kier alpha value is -2.88. The quantitative estimate of drug-likeness (QED) is 0.396. The summed E-state index contributed by atoms with van der Waals surface area (Å²) in [5.74, 6) is -3.00. The number of likely N-dealkylation sites (tertiary alicyclic amines) is 1. The van der Waals surface area contributed by atoms with Gasteiger partial charge in [0.05, 0.1) is 18.7 Å². The van der Waals surface area contributed by atoms with Crippen LogP contribution in [0.5, 0.6) is 11.5 Å². The van der Waals surface area contributed by atoms with Crippen molar-refractivity contribution in [3.05, 3.63) is 65.1 Å². The molecule has 1 fully saturated rings. The second-order valence-corrected chi connectivity index (χ2v) is 9.84. The summed E-state index contributed by atoms with van der Waals surface area (Å²) in [6, 6.07) is 6.79. The number of halogens is 3. The lowest BCUT2D eigenvalue weighted by Gasteiger charge is -2.41. The number of fused-ring (bicyclic) bond motifs is 1. The summed E-state index contributed by atoms with van der Waals surface area (Å²) in [6.45, 7) is 3.81. The van der Waals surface area contributed by atoms with Gasteiger partial charge in [0.1, 0.15) is 18.2 Å². The highest BCUT2D eigenvalue weighted by Crippen LogP contribution is 2.39. The number of methoxy groups -OCH3 is 1. The molecule has 0 aliphatic carbocycles. The number of aromatic nitrogens is 1. The van der Waals surface area contributed by atoms with E-state index in [4.69, 9.17) is 9.47 Å². The number of benzene rings is 2. The van der Waals surface area contributed by atoms with E-state index in [9.17, 15) is 23.4 Å². The fourth-order valence-corrected chi connectivity index (χ4v) is 5.13. The van der Waals surface area contributed by atoms with Crippen LogP contribution in [0.1, 0.15) is 42.9 Å². The first-order valence-electron chi connectivity index (χ1n) is 12.5. The highest BCUT2D eigenvalue weighted by Gasteiger charge is 2.34. The molecule has 2 heterocycles. The van der Waals surface area contributed by atoms with E-state index in [1.165, 1.54) is 0 Å². The number of ether oxygens (including phenoxy) is 2. The van der Waals surface area contributed by atoms with Crippen molar-refractivity contribution in [3.63, 3.8) is 0 Å². The maximum atomic E-state index is 13.8. The molecule has 3 aromatic rings. The van der Waals surface area contributed by atoms with Gasteiger partial charge in [-0.2, -0.15) is 0 Å². The molecule has 37 heavy (non-hydrogen) atoms. The molecule has 1 aliphatic rings. The van der Waals surface area contributed by atoms with E-state index in [1.54, 1.807) is 13.3 Å². The summed E-state index contributed by atoms with van der Waals surface area (Å²) in [6.07, 6.45) is 3.63. The van der Waals surface area contributed by atoms with Gasteiger partial charge < -0.3 is 19.7 Å². The van der Waals surface area contributed by atoms with Crippen molar-refractivity contribution >= 4 is 10.9 Å². The van der Waals surface area contributed by atoms with Crippen LogP contribution in [-0.2, 0) is 0 Å². The molecule has 200 valence electrons. The van der Waals surface area contributed by atoms with Gasteiger partial charge in [0.2, 0.25) is 0 Å². The molecule has 2 aromatic carbocycles. The molecule has 1 atom stereocenters. The third-order valence-corrected chi connectivity index (χ3v) is 7.47. The summed E-state index contributed by atoms with van der Waals surface area (Å²) in [4.78, 5) is 6.57. The summed E-state index contributed by atoms with van der Waals surface area (Å²) in [5, 5.41) is 22.3. The van der Waals surface area contributed by atoms with Crippen molar-refractivity contribution in [3.8, 4) is 11.5 Å². The van der Waals surface area contributed by atoms with Gasteiger partial charge >= 0.3 is 0 Å². The number of pyridine rings is 1. The lowest BCUT2D eigenvalue weighted by molar-refractivity contribution is 0.0202. The van der Waals surface area contributed by atoms with Gasteiger partial charge in [-0.15, -0.1) is 0 Å². The molecular formula is C28H33F3N2O4. The van der Waals surface area contributed by atoms with Crippen LogP contribution in [0.15, 0.2) is 36.5 Å². The minimum absolute atomic E-state index is 0.0138. The van der Waals surface area contributed by atoms with Gasteiger partial charge in [-0.3, -0.25) is 9.88 Å². The highest BCUT2D eigenvalue weighted by atomic mass is 19.1. The highest BCUT2D eigenvalue weighted by molar-refractivity contribution is 5.84. The minimum Gasteiger partial charge on any atom is -0.497 e. The van der Waals surface area contributed by atoms with Crippen LogP contribution in [-0.4, -0.2) is 60.1 Å². The van der Waals surface area contributed by atoms with Crippen molar-refractivity contribution in [1.82, 2.24) is 9.88 Å². The number of nitrogens with zero attached hydrogens (tertiary/aromatic N) is 2. The molecule has 6 nitrogen and oxygen atoms in total. The Labute approximate surface area is 214 Å². The predicted molar refractivity (Wildman–Crippen MR) is 134 cm³/mol. The Morgan fingerprint density at radius 3 is 2.46 bits per heavy atom. The second-order valence-electron chi connectivity index (χ2n) is 9.84. The van der Waals surface area contributed by atoms with Gasteiger partial charge in [-0.1, -0.05) is 0 Å². The normalized spacial score (nSPS) is 16.6. The van der Waals surface area contributed by atoms with Crippen LogP contribution < -0.4 is 9.47 Å². The van der Waals surface area contributed by atoms with Crippen LogP contribution in [0.3, 0.4) is 0 Å². The predicted octanol–water partition coefficient (Wildman–Crippen LogP) is 4.94. The first-order chi connectivity index (χ1) is 17.7. The van der Waals surface area contributed by atoms with E-state index in [2.05, 4.69) is 9.88 Å². The van der Waals surface area contributed by atoms with Crippen LogP contribution in [0.25, 0.3) is 10.9 Å². The zero-order valence-electron chi connectivity index (χ0n) is 21.1. The van der Waals surface area contributed by atoms with E-state index in [0.717, 1.165) is 34.9 Å². The molecule has 0 spiro atoms. The summed E-state index contributed by atoms with van der Waals surface area (Å²) in [5.41, 5.74) is 2.19. The fraction of sp³-hybridized carbons (Fsp3) is 0.464. The summed E-state index contributed by atoms with van der Waals surface area (Å²) in [7, 11) is 1.60. The van der Waals surface area contributed by atoms with Gasteiger partial charge in [-0.05, 0) is 80.4 Å². The van der Waals surface area contributed by atoms with E-state index in [-0.39, 0.29) is 18.6 Å². The van der Waals surface area contributed by atoms with E-state index in [1.807, 2.05) is 25.1 Å². The minimum atomic E-state index is -1.07. The Morgan fingerprint density at radius 2 is 1.81 bits per heavy atom. The molecule has 1 aliphatic heterocycles. The van der Waals surface area contributed by atoms with E-state index < -0.39 is 29.3 Å². The number of aliphatic hydroxyl groups is 2. The Bertz CT molecular complexity index is 1210. The number of aryl methyl sites for hydroxylation is 1. The molecule has 4 rings (SSSR count). The lowest BCUT2D eigenvalue weighted by Crippen LogP contribution is -2.43. The molecular weight excluding hydrogens is 485 g/mol. The molecule has 1 unspecified atom stereocenters. The van der Waals surface area contributed by atoms with Gasteiger partial charge in [0.25, 0.3) is 0 Å². The number of hydrogen-bond donors (Lipinski definition) is 2. The van der Waals surface area contributed by atoms with Gasteiger partial charge in [0.15, 0.2) is 17.4 Å². The van der Waals surface area contributed by atoms with Crippen molar-refractivity contribution in [2.45, 2.75) is 38.7 Å². The molecule has 0 saturated carbocycles. The zero-order valence-corrected chi connectivity index (χ0v) is 21.1. The third-order valence-electron chi connectivity index (χ3n) is 7.47. The maximum absolute atomic E-state index is 13.8. The van der Waals surface area contributed by atoms with Crippen LogP contribution in [0, 0.1) is 29.8 Å². The van der Waals surface area contributed by atoms with Crippen molar-refractivity contribution in [1.29, 1.82) is 0 Å². The monoisotopic (exact) mass is 518 g/mol. The van der Waals surface area contributed by atoms with Gasteiger partial charge in [0, 0.05) is 36.9 Å². The average molecular weight is 519 g/mol. The van der Waals surface area contributed by atoms with Gasteiger partial charge in [-0.25, -0.2) is 13.2 Å². The number of rotatable bonds is 10. The molecule has 2 N–H and O–H groups in total. The molecule has 1 saturated heterocycles. The molecule has 0 amide bonds. The first kappa shape index (κ1) is 27.2. The van der Waals surface area contributed by atoms with Crippen LogP contribution >= 0.6 is 0 Å². The van der Waals surface area contributed by atoms with Crippen molar-refractivity contribution in [2.24, 2.45) is 5.41 Å². The van der Waals surface area contributed by atoms with E-state index in [0.29, 0.717) is 50.4 Å². The summed E-state index contributed by atoms with van der Waals surface area (Å²) < 4.78 is 51.2. The fourth-order valence-electron chi connectivity index (χ4n) is 5.13. The molecule has 0 bridgehead atoms. The Balaban J connectivity index is 1.33. The van der Waals surface area contributed by atoms with E-state index >= 15 is 0 Å². The third kappa shape index (κ3) is 6.17. The SMILES string of the molecule is COc1ccc2ncc(C)c(C(O)CCC3(CO)CCN(CCOc4c(F)cc(F)cc4F)CC3)c2c1. The summed E-state index contributed by atoms with van der Waals surface area (Å²) >= 11 is 0. The Morgan fingerprint density at radius 1 is 1.11 bits per heavy atom. The number of aliphatic hydroxyl groups excluding tert-OH is 2. The van der Waals surface area contributed by atoms with Crippen LogP contribution in [0.2, 0.25) is 0 Å². The maximum Gasteiger partial charge on any atom is 0.190 e. The number of piperidine rings is 1. The number of hydrogen-bond acceptors (Lipinski definition) is 6. The average Bonchev–Trinajstić information content (AvgIpc) is 2.89. The van der Waals surface area contributed by atoms with Crippen molar-refractivity contribution < 1.29 is 32.9 Å². The second kappa shape index (κ2) is 11.7. The first-order valence-corrected chi connectivity index (χ1v) is 12.5. The standard InChI is InChI=1S/C28H33F3N2O4/c1-18-16-32-24-4-3-20(36-2)15-21(24)26(18)25(35)5-6-28(17-34)7-9-33(10-8-28)11-12-37-27-22(30)13-19(29)14-23(27)31/h3-4,13-16,25,34-35H,5-12,17H2,1-2H3. The van der Waals surface area contributed by atoms with Crippen LogP contribution in [0.4, 0.5) is 13.2 Å². The largest absolute Gasteiger partial charge is 0.497 e.